The van der Waals surface area contributed by atoms with Crippen LogP contribution in [0, 0.1) is 0 Å². The van der Waals surface area contributed by atoms with Crippen LogP contribution in [0.25, 0.3) is 21.5 Å². The van der Waals surface area contributed by atoms with Crippen LogP contribution in [-0.4, -0.2) is 85.0 Å². The average molecular weight is 1320 g/mol. The van der Waals surface area contributed by atoms with Crippen LogP contribution in [-0.2, 0) is 38.4 Å². The topological polar surface area (TPSA) is 220 Å². The summed E-state index contributed by atoms with van der Waals surface area (Å²) >= 11 is 0. The SMILES string of the molecule is COc1cc2c(cc1OC)C1=[N+]3C2=Nc2c4cc(OC)c(OC)cc4c4n2C32N3C(=N4)c4cc5c(cc4C3N=c3c4cc6c(cc4c(n32)=N1)Oc1cc2c(cc1O6)[C@]1(CC(C)(C)c3cc(O)c(O)cc31)CC2(C)C)Oc1cc2c(cc1O5)C(C)(C)C[C@@]21CC(C)(C)c2cc(O)c(O)cc21. The van der Waals surface area contributed by atoms with E-state index in [1.807, 2.05) is 42.5 Å². The molecule has 2 unspecified atom stereocenters. The first-order chi connectivity index (χ1) is 47.3. The van der Waals surface area contributed by atoms with Crippen molar-refractivity contribution in [3.05, 3.63) is 175 Å². The van der Waals surface area contributed by atoms with Gasteiger partial charge in [0, 0.05) is 32.7 Å². The Balaban J connectivity index is 0.785. The zero-order valence-corrected chi connectivity index (χ0v) is 56.3. The number of phenols is 4. The Bertz CT molecular complexity index is 5990. The third-order valence-electron chi connectivity index (χ3n) is 24.3. The van der Waals surface area contributed by atoms with Crippen molar-refractivity contribution in [2.24, 2.45) is 20.0 Å². The third-order valence-corrected chi connectivity index (χ3v) is 24.3. The van der Waals surface area contributed by atoms with Gasteiger partial charge in [-0.2, -0.15) is 4.58 Å². The summed E-state index contributed by atoms with van der Waals surface area (Å²) in [7, 11) is 6.53. The van der Waals surface area contributed by atoms with Gasteiger partial charge in [-0.15, -0.1) is 0 Å². The fourth-order valence-electron chi connectivity index (χ4n) is 20.7. The zero-order valence-electron chi connectivity index (χ0n) is 56.3. The Morgan fingerprint density at radius 2 is 0.798 bits per heavy atom. The highest BCUT2D eigenvalue weighted by Crippen LogP contribution is 2.69. The van der Waals surface area contributed by atoms with Crippen molar-refractivity contribution in [1.82, 2.24) is 14.0 Å². The molecular formula is C79H65N8O12+. The van der Waals surface area contributed by atoms with Gasteiger partial charge < -0.3 is 58.3 Å². The van der Waals surface area contributed by atoms with Crippen LogP contribution in [0.2, 0.25) is 0 Å². The number of amidine groups is 3. The monoisotopic (exact) mass is 1320 g/mol. The Morgan fingerprint density at radius 3 is 1.29 bits per heavy atom. The zero-order chi connectivity index (χ0) is 67.5. The molecule has 0 radical (unpaired) electrons. The Labute approximate surface area is 565 Å². The summed E-state index contributed by atoms with van der Waals surface area (Å²) in [5.74, 6) is 7.45. The summed E-state index contributed by atoms with van der Waals surface area (Å²) in [6, 6.07) is 31.7. The number of aromatic hydroxyl groups is 4. The lowest BCUT2D eigenvalue weighted by atomic mass is 9.72. The number of aromatic nitrogens is 2. The van der Waals surface area contributed by atoms with E-state index in [-0.39, 0.29) is 44.7 Å². The first kappa shape index (κ1) is 55.9. The van der Waals surface area contributed by atoms with Crippen molar-refractivity contribution >= 4 is 50.7 Å². The molecule has 20 heteroatoms. The van der Waals surface area contributed by atoms with Crippen LogP contribution in [0.1, 0.15) is 154 Å². The maximum atomic E-state index is 11.1. The Hall–Kier alpha value is -11.2. The van der Waals surface area contributed by atoms with Gasteiger partial charge >= 0.3 is 5.91 Å². The molecule has 8 aromatic carbocycles. The number of aliphatic imine (C=N–C) groups is 2. The van der Waals surface area contributed by atoms with E-state index >= 15 is 0 Å². The molecule has 0 fully saturated rings. The number of rotatable bonds is 4. The van der Waals surface area contributed by atoms with Crippen LogP contribution < -0.4 is 48.9 Å². The summed E-state index contributed by atoms with van der Waals surface area (Å²) in [4.78, 5) is 25.6. The molecule has 492 valence electrons. The minimum absolute atomic E-state index is 0.123. The lowest BCUT2D eigenvalue weighted by Gasteiger charge is -2.50. The lowest BCUT2D eigenvalue weighted by Crippen LogP contribution is -2.73. The molecule has 12 aliphatic rings. The van der Waals surface area contributed by atoms with Crippen molar-refractivity contribution < 1.29 is 62.9 Å². The van der Waals surface area contributed by atoms with Gasteiger partial charge in [-0.1, -0.05) is 65.4 Å². The number of phenolic OH excluding ortho intramolecular Hbond substituents is 4. The van der Waals surface area contributed by atoms with Crippen molar-refractivity contribution in [2.75, 3.05) is 28.4 Å². The molecule has 20 nitrogen and oxygen atoms in total. The number of nitrogens with zero attached hydrogens (tertiary/aromatic N) is 8. The number of ether oxygens (including phenoxy) is 8. The van der Waals surface area contributed by atoms with Gasteiger partial charge in [-0.25, -0.2) is 19.1 Å². The largest absolute Gasteiger partial charge is 0.504 e. The van der Waals surface area contributed by atoms with Gasteiger partial charge in [0.15, 0.2) is 104 Å². The molecule has 4 aliphatic carbocycles. The summed E-state index contributed by atoms with van der Waals surface area (Å²) in [5.41, 5.74) is 10.7. The summed E-state index contributed by atoms with van der Waals surface area (Å²) in [5, 5.41) is 47.1. The fourth-order valence-corrected chi connectivity index (χ4v) is 20.7. The van der Waals surface area contributed by atoms with Crippen molar-refractivity contribution in [1.29, 1.82) is 0 Å². The van der Waals surface area contributed by atoms with Crippen LogP contribution >= 0.6 is 0 Å². The molecule has 3 spiro atoms. The minimum Gasteiger partial charge on any atom is -0.504 e. The van der Waals surface area contributed by atoms with Gasteiger partial charge in [0.25, 0.3) is 11.7 Å². The molecule has 10 heterocycles. The summed E-state index contributed by atoms with van der Waals surface area (Å²) in [6.07, 6.45) is 2.31. The van der Waals surface area contributed by atoms with Crippen LogP contribution in [0.4, 0.5) is 11.6 Å². The van der Waals surface area contributed by atoms with Crippen LogP contribution in [0.5, 0.6) is 92.0 Å². The molecule has 0 amide bonds. The smallest absolute Gasteiger partial charge is 0.352 e. The highest BCUT2D eigenvalue weighted by atomic mass is 16.6. The molecule has 0 bridgehead atoms. The van der Waals surface area contributed by atoms with E-state index in [4.69, 9.17) is 57.9 Å². The maximum Gasteiger partial charge on any atom is 0.352 e. The molecule has 4 atom stereocenters. The van der Waals surface area contributed by atoms with E-state index in [0.717, 1.165) is 114 Å². The Morgan fingerprint density at radius 1 is 0.404 bits per heavy atom. The molecule has 10 aromatic rings. The molecule has 8 aliphatic heterocycles. The number of methoxy groups -OCH3 is 4. The lowest BCUT2D eigenvalue weighted by molar-refractivity contribution is -0.593. The predicted molar refractivity (Wildman–Crippen MR) is 365 cm³/mol. The number of hydrogen-bond acceptors (Lipinski definition) is 17. The summed E-state index contributed by atoms with van der Waals surface area (Å²) in [6.45, 7) is 17.9. The molecule has 4 N–H and O–H groups in total. The number of benzene rings is 8. The van der Waals surface area contributed by atoms with E-state index in [0.29, 0.717) is 109 Å². The molecule has 0 saturated carbocycles. The van der Waals surface area contributed by atoms with E-state index < -0.39 is 22.9 Å². The highest BCUT2D eigenvalue weighted by Gasteiger charge is 2.69. The summed E-state index contributed by atoms with van der Waals surface area (Å²) < 4.78 is 59.8. The van der Waals surface area contributed by atoms with Crippen molar-refractivity contribution in [3.8, 4) is 92.0 Å². The van der Waals surface area contributed by atoms with E-state index in [1.165, 1.54) is 0 Å². The third kappa shape index (κ3) is 6.23. The standard InChI is InChI=1S/C79H64N8O12/c1-73(2)29-77(45-23-51(90)49(88)21-41(45)73)31-75(5,6)43-25-61-63(27-47(43)77)98-59-19-39-37(17-57(59)96-61)69-81-67-35-15-55(94-11)53(92-9)13-33(35)65-80-66-34-14-54(93-10)56(95-12)16-36(34)68-82-70-38-18-58-60(20-40(38)72-83-71(39)86(69)79(84(65)67,85(66)68)87(70)72)99-64-28-48-44(26-62(64)97-58)76(7,8)32-78(48)30-74(3,4)42-22-50(89)52(91)24-46(42)78/h13-28,71H,29-32H2,1-12H3,(H3,80,82,83,88,89,90,91)/p+1/t71?,77-,78-,79?/m1/s1. The molecule has 99 heavy (non-hydrogen) atoms. The molecule has 2 aromatic heterocycles. The van der Waals surface area contributed by atoms with Crippen LogP contribution in [0.15, 0.2) is 117 Å². The predicted octanol–water partition coefficient (Wildman–Crippen LogP) is 14.2. The quantitative estimate of drug-likeness (QED) is 0.0953. The number of fused-ring (bicyclic) bond motifs is 24. The maximum absolute atomic E-state index is 11.1. The van der Waals surface area contributed by atoms with E-state index in [9.17, 15) is 20.4 Å². The van der Waals surface area contributed by atoms with Gasteiger partial charge in [0.1, 0.15) is 11.3 Å². The van der Waals surface area contributed by atoms with Crippen molar-refractivity contribution in [2.45, 2.75) is 126 Å². The normalized spacial score (nSPS) is 23.8. The second kappa shape index (κ2) is 16.9. The number of hydrogen-bond donors (Lipinski definition) is 4. The minimum atomic E-state index is -1.46. The van der Waals surface area contributed by atoms with Gasteiger partial charge in [0.2, 0.25) is 11.3 Å². The van der Waals surface area contributed by atoms with Crippen LogP contribution in [0.3, 0.4) is 0 Å². The van der Waals surface area contributed by atoms with Gasteiger partial charge in [-0.3, -0.25) is 4.90 Å². The second-order valence-electron chi connectivity index (χ2n) is 31.6. The highest BCUT2D eigenvalue weighted by molar-refractivity contribution is 6.19. The van der Waals surface area contributed by atoms with E-state index in [1.54, 1.807) is 52.7 Å². The first-order valence-electron chi connectivity index (χ1n) is 33.6. The van der Waals surface area contributed by atoms with Gasteiger partial charge in [0.05, 0.1) is 50.3 Å². The molecule has 0 saturated heterocycles. The van der Waals surface area contributed by atoms with E-state index in [2.05, 4.69) is 104 Å². The first-order valence-corrected chi connectivity index (χ1v) is 33.6. The Kier molecular flexibility index (Phi) is 9.52. The molecular weight excluding hydrogens is 1250 g/mol. The van der Waals surface area contributed by atoms with Gasteiger partial charge in [-0.05, 0) is 189 Å². The molecule has 22 rings (SSSR count). The second-order valence-corrected chi connectivity index (χ2v) is 31.6. The fraction of sp³-hybridized carbons (Fsp3) is 0.304. The average Bonchev–Trinajstić information content (AvgIpc) is 1.47. The van der Waals surface area contributed by atoms with Crippen molar-refractivity contribution in [3.63, 3.8) is 0 Å².